The van der Waals surface area contributed by atoms with E-state index in [1.165, 1.54) is 0 Å². The van der Waals surface area contributed by atoms with Crippen LogP contribution in [0.15, 0.2) is 24.3 Å². The summed E-state index contributed by atoms with van der Waals surface area (Å²) in [6.45, 7) is 3.44. The minimum absolute atomic E-state index is 0.255. The summed E-state index contributed by atoms with van der Waals surface area (Å²) in [5.74, 6) is 0.787. The van der Waals surface area contributed by atoms with Crippen LogP contribution in [0.3, 0.4) is 0 Å². The molecule has 0 saturated heterocycles. The van der Waals surface area contributed by atoms with Gasteiger partial charge in [0.15, 0.2) is 0 Å². The van der Waals surface area contributed by atoms with Crippen LogP contribution in [0.5, 0.6) is 5.75 Å². The lowest BCUT2D eigenvalue weighted by Crippen LogP contribution is -2.32. The fourth-order valence-electron chi connectivity index (χ4n) is 1.16. The second-order valence-corrected chi connectivity index (χ2v) is 3.13. The summed E-state index contributed by atoms with van der Waals surface area (Å²) in [5, 5.41) is 5.30. The van der Waals surface area contributed by atoms with Crippen LogP contribution in [-0.2, 0) is 0 Å². The van der Waals surface area contributed by atoms with Crippen LogP contribution in [0.1, 0.15) is 6.92 Å². The number of benzene rings is 1. The molecule has 0 aromatic heterocycles. The number of amides is 2. The van der Waals surface area contributed by atoms with Crippen molar-refractivity contribution in [3.63, 3.8) is 0 Å². The minimum Gasteiger partial charge on any atom is -0.494 e. The normalized spacial score (nSPS) is 9.62. The number of rotatable bonds is 5. The Bertz CT molecular complexity index is 325. The van der Waals surface area contributed by atoms with E-state index in [0.717, 1.165) is 11.4 Å². The zero-order chi connectivity index (χ0) is 11.8. The summed E-state index contributed by atoms with van der Waals surface area (Å²) in [6, 6.07) is 6.93. The van der Waals surface area contributed by atoms with Gasteiger partial charge in [0.05, 0.1) is 6.61 Å². The van der Waals surface area contributed by atoms with E-state index in [9.17, 15) is 4.79 Å². The van der Waals surface area contributed by atoms with Gasteiger partial charge in [0.2, 0.25) is 0 Å². The molecule has 0 saturated carbocycles. The first-order chi connectivity index (χ1) is 7.76. The molecule has 0 aliphatic heterocycles. The Morgan fingerprint density at radius 3 is 2.62 bits per heavy atom. The lowest BCUT2D eigenvalue weighted by atomic mass is 10.3. The van der Waals surface area contributed by atoms with Crippen LogP contribution >= 0.6 is 0 Å². The third-order valence-corrected chi connectivity index (χ3v) is 1.85. The standard InChI is InChI=1S/C11H17N3O2/c1-2-16-10-5-3-9(4-6-10)14-11(15)13-8-7-12/h3-6H,2,7-8,12H2,1H3,(H2,13,14,15). The molecule has 0 spiro atoms. The molecule has 4 N–H and O–H groups in total. The molecule has 0 radical (unpaired) electrons. The van der Waals surface area contributed by atoms with E-state index >= 15 is 0 Å². The number of anilines is 1. The molecule has 0 aliphatic rings. The Kier molecular flexibility index (Phi) is 5.15. The Labute approximate surface area is 95.0 Å². The molecule has 0 heterocycles. The number of nitrogens with two attached hydrogens (primary N) is 1. The van der Waals surface area contributed by atoms with Gasteiger partial charge in [0.1, 0.15) is 5.75 Å². The first-order valence-corrected chi connectivity index (χ1v) is 5.24. The monoisotopic (exact) mass is 223 g/mol. The summed E-state index contributed by atoms with van der Waals surface area (Å²) < 4.78 is 5.29. The van der Waals surface area contributed by atoms with Crippen LogP contribution < -0.4 is 21.1 Å². The molecular weight excluding hydrogens is 206 g/mol. The van der Waals surface area contributed by atoms with Crippen LogP contribution in [0.25, 0.3) is 0 Å². The zero-order valence-corrected chi connectivity index (χ0v) is 9.32. The van der Waals surface area contributed by atoms with Crippen molar-refractivity contribution in [3.05, 3.63) is 24.3 Å². The maximum absolute atomic E-state index is 11.3. The maximum atomic E-state index is 11.3. The SMILES string of the molecule is CCOc1ccc(NC(=O)NCCN)cc1. The molecule has 0 atom stereocenters. The lowest BCUT2D eigenvalue weighted by molar-refractivity contribution is 0.252. The molecule has 1 rings (SSSR count). The number of hydrogen-bond acceptors (Lipinski definition) is 3. The van der Waals surface area contributed by atoms with Crippen molar-refractivity contribution < 1.29 is 9.53 Å². The molecule has 2 amide bonds. The van der Waals surface area contributed by atoms with Gasteiger partial charge >= 0.3 is 6.03 Å². The van der Waals surface area contributed by atoms with Crippen LogP contribution in [-0.4, -0.2) is 25.7 Å². The number of hydrogen-bond donors (Lipinski definition) is 3. The third-order valence-electron chi connectivity index (χ3n) is 1.85. The second kappa shape index (κ2) is 6.68. The molecule has 0 unspecified atom stereocenters. The molecule has 0 bridgehead atoms. The molecule has 16 heavy (non-hydrogen) atoms. The summed E-state index contributed by atoms with van der Waals surface area (Å²) in [7, 11) is 0. The highest BCUT2D eigenvalue weighted by atomic mass is 16.5. The minimum atomic E-state index is -0.255. The number of carbonyl (C=O) groups excluding carboxylic acids is 1. The Balaban J connectivity index is 2.45. The summed E-state index contributed by atoms with van der Waals surface area (Å²) in [6.07, 6.45) is 0. The molecular formula is C11H17N3O2. The molecule has 5 nitrogen and oxygen atoms in total. The highest BCUT2D eigenvalue weighted by Crippen LogP contribution is 2.15. The van der Waals surface area contributed by atoms with Crippen molar-refractivity contribution in [3.8, 4) is 5.75 Å². The third kappa shape index (κ3) is 4.18. The van der Waals surface area contributed by atoms with Crippen molar-refractivity contribution in [2.75, 3.05) is 25.0 Å². The summed E-state index contributed by atoms with van der Waals surface area (Å²) >= 11 is 0. The molecule has 5 heteroatoms. The zero-order valence-electron chi connectivity index (χ0n) is 9.32. The highest BCUT2D eigenvalue weighted by Gasteiger charge is 2.00. The molecule has 0 aliphatic carbocycles. The molecule has 0 fully saturated rings. The van der Waals surface area contributed by atoms with Gasteiger partial charge in [-0.3, -0.25) is 0 Å². The van der Waals surface area contributed by atoms with Crippen LogP contribution in [0.2, 0.25) is 0 Å². The fraction of sp³-hybridized carbons (Fsp3) is 0.364. The second-order valence-electron chi connectivity index (χ2n) is 3.13. The Morgan fingerprint density at radius 1 is 1.38 bits per heavy atom. The van der Waals surface area contributed by atoms with E-state index in [2.05, 4.69) is 10.6 Å². The van der Waals surface area contributed by atoms with E-state index in [0.29, 0.717) is 19.7 Å². The smallest absolute Gasteiger partial charge is 0.319 e. The van der Waals surface area contributed by atoms with E-state index in [1.807, 2.05) is 19.1 Å². The average molecular weight is 223 g/mol. The van der Waals surface area contributed by atoms with E-state index in [1.54, 1.807) is 12.1 Å². The first kappa shape index (κ1) is 12.3. The van der Waals surface area contributed by atoms with Crippen molar-refractivity contribution in [1.29, 1.82) is 0 Å². The van der Waals surface area contributed by atoms with Gasteiger partial charge in [0.25, 0.3) is 0 Å². The average Bonchev–Trinajstić information content (AvgIpc) is 2.29. The number of urea groups is 1. The predicted octanol–water partition coefficient (Wildman–Crippen LogP) is 1.17. The van der Waals surface area contributed by atoms with E-state index < -0.39 is 0 Å². The van der Waals surface area contributed by atoms with Gasteiger partial charge in [-0.25, -0.2) is 4.79 Å². The Hall–Kier alpha value is -1.75. The van der Waals surface area contributed by atoms with Gasteiger partial charge < -0.3 is 21.1 Å². The largest absolute Gasteiger partial charge is 0.494 e. The molecule has 88 valence electrons. The number of nitrogens with one attached hydrogen (secondary N) is 2. The first-order valence-electron chi connectivity index (χ1n) is 5.24. The fourth-order valence-corrected chi connectivity index (χ4v) is 1.16. The van der Waals surface area contributed by atoms with Crippen LogP contribution in [0.4, 0.5) is 10.5 Å². The van der Waals surface area contributed by atoms with Gasteiger partial charge in [-0.1, -0.05) is 0 Å². The van der Waals surface area contributed by atoms with Gasteiger partial charge in [0, 0.05) is 18.8 Å². The molecule has 1 aromatic rings. The van der Waals surface area contributed by atoms with Gasteiger partial charge in [-0.05, 0) is 31.2 Å². The van der Waals surface area contributed by atoms with Crippen LogP contribution in [0, 0.1) is 0 Å². The lowest BCUT2D eigenvalue weighted by Gasteiger charge is -2.07. The summed E-state index contributed by atoms with van der Waals surface area (Å²) in [5.41, 5.74) is 5.98. The van der Waals surface area contributed by atoms with Gasteiger partial charge in [-0.2, -0.15) is 0 Å². The predicted molar refractivity (Wildman–Crippen MR) is 63.7 cm³/mol. The van der Waals surface area contributed by atoms with Crippen molar-refractivity contribution >= 4 is 11.7 Å². The topological polar surface area (TPSA) is 76.4 Å². The maximum Gasteiger partial charge on any atom is 0.319 e. The Morgan fingerprint density at radius 2 is 2.06 bits per heavy atom. The molecule has 1 aromatic carbocycles. The quantitative estimate of drug-likeness (QED) is 0.701. The van der Waals surface area contributed by atoms with Crippen molar-refractivity contribution in [1.82, 2.24) is 5.32 Å². The highest BCUT2D eigenvalue weighted by molar-refractivity contribution is 5.89. The number of carbonyl (C=O) groups is 1. The summed E-state index contributed by atoms with van der Waals surface area (Å²) in [4.78, 5) is 11.3. The van der Waals surface area contributed by atoms with Gasteiger partial charge in [-0.15, -0.1) is 0 Å². The number of ether oxygens (including phenoxy) is 1. The van der Waals surface area contributed by atoms with E-state index in [-0.39, 0.29) is 6.03 Å². The van der Waals surface area contributed by atoms with Crippen molar-refractivity contribution in [2.24, 2.45) is 5.73 Å². The van der Waals surface area contributed by atoms with Crippen molar-refractivity contribution in [2.45, 2.75) is 6.92 Å². The van der Waals surface area contributed by atoms with E-state index in [4.69, 9.17) is 10.5 Å².